The molecule has 3 unspecified atom stereocenters. The highest BCUT2D eigenvalue weighted by molar-refractivity contribution is 7.10. The van der Waals surface area contributed by atoms with Gasteiger partial charge in [0, 0.05) is 18.0 Å². The van der Waals surface area contributed by atoms with Gasteiger partial charge < -0.3 is 9.64 Å². The quantitative estimate of drug-likeness (QED) is 0.787. The van der Waals surface area contributed by atoms with Gasteiger partial charge in [0.25, 0.3) is 0 Å². The number of hydrogen-bond acceptors (Lipinski definition) is 4. The Balaban J connectivity index is 2.12. The Labute approximate surface area is 125 Å². The van der Waals surface area contributed by atoms with Crippen molar-refractivity contribution in [3.05, 3.63) is 22.4 Å². The molecule has 1 amide bonds. The minimum atomic E-state index is -0.0753. The predicted octanol–water partition coefficient (Wildman–Crippen LogP) is 2.63. The molecule has 1 aliphatic heterocycles. The number of ether oxygens (including phenoxy) is 1. The van der Waals surface area contributed by atoms with E-state index in [4.69, 9.17) is 4.74 Å². The summed E-state index contributed by atoms with van der Waals surface area (Å²) in [6.45, 7) is 8.17. The molecule has 0 radical (unpaired) electrons. The molecule has 4 nitrogen and oxygen atoms in total. The molecular formula is C15H24N2O2S. The van der Waals surface area contributed by atoms with Crippen molar-refractivity contribution < 1.29 is 9.53 Å². The molecule has 1 aromatic heterocycles. The van der Waals surface area contributed by atoms with Gasteiger partial charge in [-0.25, -0.2) is 0 Å². The number of amides is 1. The van der Waals surface area contributed by atoms with E-state index in [9.17, 15) is 4.79 Å². The van der Waals surface area contributed by atoms with E-state index >= 15 is 0 Å². The lowest BCUT2D eigenvalue weighted by molar-refractivity contribution is -0.131. The second-order valence-corrected chi connectivity index (χ2v) is 6.16. The minimum absolute atomic E-state index is 0.00181. The normalized spacial score (nSPS) is 24.4. The lowest BCUT2D eigenvalue weighted by atomic mass is 9.99. The van der Waals surface area contributed by atoms with Gasteiger partial charge in [-0.05, 0) is 24.3 Å². The first kappa shape index (κ1) is 15.5. The van der Waals surface area contributed by atoms with Crippen molar-refractivity contribution in [2.45, 2.75) is 39.4 Å². The van der Waals surface area contributed by atoms with E-state index in [-0.39, 0.29) is 18.1 Å². The molecule has 112 valence electrons. The van der Waals surface area contributed by atoms with Crippen molar-refractivity contribution in [3.8, 4) is 0 Å². The van der Waals surface area contributed by atoms with Gasteiger partial charge in [-0.3, -0.25) is 10.1 Å². The Morgan fingerprint density at radius 2 is 2.30 bits per heavy atom. The molecule has 2 rings (SSSR count). The lowest BCUT2D eigenvalue weighted by Gasteiger charge is -2.23. The molecule has 3 atom stereocenters. The third-order valence-electron chi connectivity index (χ3n) is 3.90. The van der Waals surface area contributed by atoms with E-state index in [1.165, 1.54) is 4.88 Å². The average Bonchev–Trinajstić information content (AvgIpc) is 3.07. The average molecular weight is 296 g/mol. The topological polar surface area (TPSA) is 41.6 Å². The van der Waals surface area contributed by atoms with Crippen LogP contribution < -0.4 is 5.32 Å². The highest BCUT2D eigenvalue weighted by atomic mass is 32.1. The maximum Gasteiger partial charge on any atom is 0.241 e. The van der Waals surface area contributed by atoms with Crippen LogP contribution in [0.3, 0.4) is 0 Å². The zero-order valence-corrected chi connectivity index (χ0v) is 13.3. The molecule has 0 aliphatic carbocycles. The van der Waals surface area contributed by atoms with E-state index in [0.717, 1.165) is 6.42 Å². The van der Waals surface area contributed by atoms with Crippen LogP contribution in [0.15, 0.2) is 17.5 Å². The van der Waals surface area contributed by atoms with Crippen LogP contribution in [-0.4, -0.2) is 36.6 Å². The van der Waals surface area contributed by atoms with E-state index < -0.39 is 0 Å². The fourth-order valence-corrected chi connectivity index (χ4v) is 3.31. The highest BCUT2D eigenvalue weighted by Gasteiger charge is 2.41. The summed E-state index contributed by atoms with van der Waals surface area (Å²) >= 11 is 1.69. The molecule has 0 spiro atoms. The Hall–Kier alpha value is -0.910. The molecule has 1 N–H and O–H groups in total. The van der Waals surface area contributed by atoms with Gasteiger partial charge in [-0.15, -0.1) is 11.3 Å². The molecule has 0 bridgehead atoms. The fourth-order valence-electron chi connectivity index (χ4n) is 2.51. The molecule has 0 saturated carbocycles. The summed E-state index contributed by atoms with van der Waals surface area (Å²) in [6, 6.07) is 4.04. The van der Waals surface area contributed by atoms with Crippen molar-refractivity contribution >= 4 is 17.2 Å². The lowest BCUT2D eigenvalue weighted by Crippen LogP contribution is -2.36. The molecule has 0 aromatic carbocycles. The van der Waals surface area contributed by atoms with Gasteiger partial charge in [0.2, 0.25) is 5.91 Å². The Morgan fingerprint density at radius 3 is 2.90 bits per heavy atom. The van der Waals surface area contributed by atoms with Crippen LogP contribution in [0.2, 0.25) is 0 Å². The molecule has 1 aliphatic rings. The molecule has 1 aromatic rings. The van der Waals surface area contributed by atoms with Gasteiger partial charge >= 0.3 is 0 Å². The van der Waals surface area contributed by atoms with Crippen molar-refractivity contribution in [2.24, 2.45) is 5.92 Å². The summed E-state index contributed by atoms with van der Waals surface area (Å²) in [5, 5.41) is 5.56. The van der Waals surface area contributed by atoms with Crippen LogP contribution in [0.1, 0.15) is 38.2 Å². The van der Waals surface area contributed by atoms with Gasteiger partial charge in [0.05, 0.1) is 12.6 Å². The summed E-state index contributed by atoms with van der Waals surface area (Å²) in [4.78, 5) is 15.7. The standard InChI is InChI=1S/C15H24N2O2S/c1-4-11(3)13-15(18)17(8-9-19-5-2)14(16-13)12-7-6-10-20-12/h6-7,10-11,13-14,16H,4-5,8-9H2,1-3H3. The first-order valence-electron chi connectivity index (χ1n) is 7.36. The van der Waals surface area contributed by atoms with Crippen LogP contribution in [0.25, 0.3) is 0 Å². The second kappa shape index (κ2) is 7.20. The number of hydrogen-bond donors (Lipinski definition) is 1. The maximum atomic E-state index is 12.6. The van der Waals surface area contributed by atoms with E-state index in [0.29, 0.717) is 25.7 Å². The first-order chi connectivity index (χ1) is 9.69. The zero-order chi connectivity index (χ0) is 14.5. The van der Waals surface area contributed by atoms with Crippen molar-refractivity contribution in [1.29, 1.82) is 0 Å². The fraction of sp³-hybridized carbons (Fsp3) is 0.667. The molecule has 1 saturated heterocycles. The summed E-state index contributed by atoms with van der Waals surface area (Å²) < 4.78 is 5.41. The largest absolute Gasteiger partial charge is 0.380 e. The number of carbonyl (C=O) groups excluding carboxylic acids is 1. The monoisotopic (exact) mass is 296 g/mol. The zero-order valence-electron chi connectivity index (χ0n) is 12.5. The van der Waals surface area contributed by atoms with Crippen LogP contribution in [0.4, 0.5) is 0 Å². The van der Waals surface area contributed by atoms with Crippen LogP contribution >= 0.6 is 11.3 Å². The smallest absolute Gasteiger partial charge is 0.241 e. The molecule has 20 heavy (non-hydrogen) atoms. The number of carbonyl (C=O) groups is 1. The first-order valence-corrected chi connectivity index (χ1v) is 8.24. The summed E-state index contributed by atoms with van der Waals surface area (Å²) in [5.41, 5.74) is 0. The minimum Gasteiger partial charge on any atom is -0.380 e. The molecule has 5 heteroatoms. The predicted molar refractivity (Wildman–Crippen MR) is 81.6 cm³/mol. The van der Waals surface area contributed by atoms with Crippen LogP contribution in [0.5, 0.6) is 0 Å². The van der Waals surface area contributed by atoms with Crippen molar-refractivity contribution in [1.82, 2.24) is 10.2 Å². The maximum absolute atomic E-state index is 12.6. The Bertz CT molecular complexity index is 422. The third-order valence-corrected chi connectivity index (χ3v) is 4.83. The van der Waals surface area contributed by atoms with E-state index in [2.05, 4.69) is 30.6 Å². The van der Waals surface area contributed by atoms with E-state index in [1.807, 2.05) is 17.9 Å². The highest BCUT2D eigenvalue weighted by Crippen LogP contribution is 2.31. The van der Waals surface area contributed by atoms with Crippen molar-refractivity contribution in [2.75, 3.05) is 19.8 Å². The molecule has 1 fully saturated rings. The summed E-state index contributed by atoms with van der Waals surface area (Å²) in [5.74, 6) is 0.555. The van der Waals surface area contributed by atoms with Crippen LogP contribution in [-0.2, 0) is 9.53 Å². The van der Waals surface area contributed by atoms with Crippen molar-refractivity contribution in [3.63, 3.8) is 0 Å². The second-order valence-electron chi connectivity index (χ2n) is 5.18. The third kappa shape index (κ3) is 3.22. The van der Waals surface area contributed by atoms with Crippen LogP contribution in [0, 0.1) is 5.92 Å². The summed E-state index contributed by atoms with van der Waals surface area (Å²) in [6.07, 6.45) is 1.00. The molecule has 2 heterocycles. The number of rotatable bonds is 7. The Kier molecular flexibility index (Phi) is 5.57. The summed E-state index contributed by atoms with van der Waals surface area (Å²) in [7, 11) is 0. The number of thiophene rings is 1. The Morgan fingerprint density at radius 1 is 1.50 bits per heavy atom. The van der Waals surface area contributed by atoms with Gasteiger partial charge in [-0.2, -0.15) is 0 Å². The SMILES string of the molecule is CCOCCN1C(=O)C(C(C)CC)NC1c1cccs1. The van der Waals surface area contributed by atoms with Gasteiger partial charge in [0.1, 0.15) is 6.17 Å². The number of nitrogens with one attached hydrogen (secondary N) is 1. The van der Waals surface area contributed by atoms with Gasteiger partial charge in [-0.1, -0.05) is 26.3 Å². The van der Waals surface area contributed by atoms with E-state index in [1.54, 1.807) is 11.3 Å². The number of nitrogens with zero attached hydrogens (tertiary/aromatic N) is 1. The molecular weight excluding hydrogens is 272 g/mol. The van der Waals surface area contributed by atoms with Gasteiger partial charge in [0.15, 0.2) is 0 Å².